The maximum atomic E-state index is 11.6. The molecule has 96 valence electrons. The summed E-state index contributed by atoms with van der Waals surface area (Å²) in [5.41, 5.74) is 16.3. The van der Waals surface area contributed by atoms with Crippen molar-refractivity contribution in [2.75, 3.05) is 5.73 Å². The van der Waals surface area contributed by atoms with E-state index in [2.05, 4.69) is 13.8 Å². The summed E-state index contributed by atoms with van der Waals surface area (Å²) >= 11 is 0. The van der Waals surface area contributed by atoms with Gasteiger partial charge >= 0.3 is 6.03 Å². The number of rotatable bonds is 2. The molecule has 2 rings (SSSR count). The number of carbonyl (C=O) groups is 1. The van der Waals surface area contributed by atoms with Gasteiger partial charge in [-0.1, -0.05) is 13.8 Å². The SMILES string of the molecule is CCc1c(N)ccc2c1c(CC)c(C)n2C(N)=O. The van der Waals surface area contributed by atoms with Gasteiger partial charge in [-0.3, -0.25) is 4.57 Å². The zero-order valence-corrected chi connectivity index (χ0v) is 11.1. The lowest BCUT2D eigenvalue weighted by molar-refractivity contribution is 0.251. The van der Waals surface area contributed by atoms with Crippen LogP contribution in [0, 0.1) is 6.92 Å². The molecule has 4 nitrogen and oxygen atoms in total. The molecule has 0 aliphatic carbocycles. The molecule has 2 aromatic rings. The third kappa shape index (κ3) is 1.56. The first-order valence-corrected chi connectivity index (χ1v) is 6.23. The molecule has 0 saturated heterocycles. The minimum Gasteiger partial charge on any atom is -0.398 e. The molecule has 1 aromatic heterocycles. The highest BCUT2D eigenvalue weighted by atomic mass is 16.2. The monoisotopic (exact) mass is 245 g/mol. The van der Waals surface area contributed by atoms with E-state index in [4.69, 9.17) is 11.5 Å². The largest absolute Gasteiger partial charge is 0.398 e. The Morgan fingerprint density at radius 2 is 1.83 bits per heavy atom. The van der Waals surface area contributed by atoms with E-state index in [0.717, 1.165) is 46.3 Å². The van der Waals surface area contributed by atoms with Gasteiger partial charge in [-0.25, -0.2) is 4.79 Å². The second-order valence-electron chi connectivity index (χ2n) is 4.47. The first kappa shape index (κ1) is 12.5. The fourth-order valence-corrected chi connectivity index (χ4v) is 2.77. The molecule has 1 amide bonds. The third-order valence-electron chi connectivity index (χ3n) is 3.57. The number of aryl methyl sites for hydroxylation is 2. The van der Waals surface area contributed by atoms with Gasteiger partial charge in [0.1, 0.15) is 0 Å². The Labute approximate surface area is 107 Å². The Morgan fingerprint density at radius 1 is 1.22 bits per heavy atom. The molecule has 0 radical (unpaired) electrons. The molecule has 18 heavy (non-hydrogen) atoms. The minimum absolute atomic E-state index is 0.441. The maximum absolute atomic E-state index is 11.6. The third-order valence-corrected chi connectivity index (χ3v) is 3.57. The molecule has 0 aliphatic rings. The second kappa shape index (κ2) is 4.37. The summed E-state index contributed by atoms with van der Waals surface area (Å²) in [4.78, 5) is 11.6. The Kier molecular flexibility index (Phi) is 3.03. The smallest absolute Gasteiger partial charge is 0.323 e. The predicted octanol–water partition coefficient (Wildman–Crippen LogP) is 2.58. The van der Waals surface area contributed by atoms with Gasteiger partial charge in [-0.05, 0) is 43.0 Å². The highest BCUT2D eigenvalue weighted by Crippen LogP contribution is 2.32. The molecular weight excluding hydrogens is 226 g/mol. The highest BCUT2D eigenvalue weighted by Gasteiger charge is 2.18. The lowest BCUT2D eigenvalue weighted by Crippen LogP contribution is -2.20. The number of nitrogens with zero attached hydrogens (tertiary/aromatic N) is 1. The first-order valence-electron chi connectivity index (χ1n) is 6.23. The van der Waals surface area contributed by atoms with Gasteiger partial charge < -0.3 is 11.5 Å². The van der Waals surface area contributed by atoms with Gasteiger partial charge in [-0.15, -0.1) is 0 Å². The van der Waals surface area contributed by atoms with Crippen molar-refractivity contribution >= 4 is 22.6 Å². The molecule has 0 bridgehead atoms. The number of nitrogens with two attached hydrogens (primary N) is 2. The van der Waals surface area contributed by atoms with Crippen LogP contribution >= 0.6 is 0 Å². The van der Waals surface area contributed by atoms with E-state index in [1.165, 1.54) is 0 Å². The molecule has 0 aliphatic heterocycles. The van der Waals surface area contributed by atoms with Crippen LogP contribution in [-0.2, 0) is 12.8 Å². The van der Waals surface area contributed by atoms with Crippen LogP contribution in [0.3, 0.4) is 0 Å². The van der Waals surface area contributed by atoms with Crippen molar-refractivity contribution in [3.05, 3.63) is 29.0 Å². The lowest BCUT2D eigenvalue weighted by Gasteiger charge is -2.07. The fourth-order valence-electron chi connectivity index (χ4n) is 2.77. The number of amides is 1. The maximum Gasteiger partial charge on any atom is 0.323 e. The average molecular weight is 245 g/mol. The fraction of sp³-hybridized carbons (Fsp3) is 0.357. The number of carbonyl (C=O) groups excluding carboxylic acids is 1. The van der Waals surface area contributed by atoms with E-state index in [9.17, 15) is 4.79 Å². The number of hydrogen-bond donors (Lipinski definition) is 2. The molecule has 4 heteroatoms. The number of fused-ring (bicyclic) bond motifs is 1. The van der Waals surface area contributed by atoms with Crippen LogP contribution in [0.2, 0.25) is 0 Å². The number of benzene rings is 1. The summed E-state index contributed by atoms with van der Waals surface area (Å²) in [5.74, 6) is 0. The summed E-state index contributed by atoms with van der Waals surface area (Å²) in [7, 11) is 0. The van der Waals surface area contributed by atoms with Crippen LogP contribution < -0.4 is 11.5 Å². The molecule has 1 heterocycles. The van der Waals surface area contributed by atoms with Crippen molar-refractivity contribution in [1.29, 1.82) is 0 Å². The first-order chi connectivity index (χ1) is 8.52. The van der Waals surface area contributed by atoms with Gasteiger partial charge in [0.15, 0.2) is 0 Å². The van der Waals surface area contributed by atoms with Gasteiger partial charge in [0.2, 0.25) is 0 Å². The molecular formula is C14H19N3O. The lowest BCUT2D eigenvalue weighted by atomic mass is 10.00. The van der Waals surface area contributed by atoms with Crippen LogP contribution in [-0.4, -0.2) is 10.6 Å². The highest BCUT2D eigenvalue weighted by molar-refractivity contribution is 5.98. The van der Waals surface area contributed by atoms with Crippen LogP contribution in [0.1, 0.15) is 30.7 Å². The molecule has 1 aromatic carbocycles. The van der Waals surface area contributed by atoms with Crippen LogP contribution in [0.4, 0.5) is 10.5 Å². The van der Waals surface area contributed by atoms with Crippen molar-refractivity contribution in [2.24, 2.45) is 5.73 Å². The summed E-state index contributed by atoms with van der Waals surface area (Å²) in [5, 5.41) is 1.09. The molecule has 4 N–H and O–H groups in total. The van der Waals surface area contributed by atoms with Gasteiger partial charge in [-0.2, -0.15) is 0 Å². The molecule has 0 fully saturated rings. The topological polar surface area (TPSA) is 74.0 Å². The van der Waals surface area contributed by atoms with Crippen molar-refractivity contribution in [2.45, 2.75) is 33.6 Å². The van der Waals surface area contributed by atoms with Crippen LogP contribution in [0.25, 0.3) is 10.9 Å². The average Bonchev–Trinajstić information content (AvgIpc) is 2.61. The van der Waals surface area contributed by atoms with E-state index in [1.54, 1.807) is 4.57 Å². The van der Waals surface area contributed by atoms with E-state index in [-0.39, 0.29) is 0 Å². The van der Waals surface area contributed by atoms with Gasteiger partial charge in [0.25, 0.3) is 0 Å². The molecule has 0 unspecified atom stereocenters. The molecule has 0 spiro atoms. The Bertz CT molecular complexity index is 626. The molecule has 0 atom stereocenters. The number of anilines is 1. The van der Waals surface area contributed by atoms with Crippen molar-refractivity contribution < 1.29 is 4.79 Å². The second-order valence-corrected chi connectivity index (χ2v) is 4.47. The van der Waals surface area contributed by atoms with Crippen LogP contribution in [0.5, 0.6) is 0 Å². The Hall–Kier alpha value is -1.97. The number of aromatic nitrogens is 1. The number of nitrogen functional groups attached to an aromatic ring is 1. The number of primary amides is 1. The number of hydrogen-bond acceptors (Lipinski definition) is 2. The standard InChI is InChI=1S/C14H19N3O/c1-4-9-8(3)17(14(16)18)12-7-6-11(15)10(5-2)13(9)12/h6-7H,4-5,15H2,1-3H3,(H2,16,18). The zero-order chi connectivity index (χ0) is 13.4. The summed E-state index contributed by atoms with van der Waals surface area (Å²) in [6.07, 6.45) is 1.71. The van der Waals surface area contributed by atoms with Crippen LogP contribution in [0.15, 0.2) is 12.1 Å². The summed E-state index contributed by atoms with van der Waals surface area (Å²) in [6, 6.07) is 3.28. The van der Waals surface area contributed by atoms with Crippen molar-refractivity contribution in [1.82, 2.24) is 4.57 Å². The van der Waals surface area contributed by atoms with E-state index in [1.807, 2.05) is 19.1 Å². The van der Waals surface area contributed by atoms with E-state index < -0.39 is 6.03 Å². The van der Waals surface area contributed by atoms with Crippen molar-refractivity contribution in [3.63, 3.8) is 0 Å². The quantitative estimate of drug-likeness (QED) is 0.798. The van der Waals surface area contributed by atoms with E-state index >= 15 is 0 Å². The van der Waals surface area contributed by atoms with Gasteiger partial charge in [0.05, 0.1) is 5.52 Å². The molecule has 0 saturated carbocycles. The zero-order valence-electron chi connectivity index (χ0n) is 11.1. The Morgan fingerprint density at radius 3 is 2.33 bits per heavy atom. The van der Waals surface area contributed by atoms with E-state index in [0.29, 0.717) is 0 Å². The van der Waals surface area contributed by atoms with Gasteiger partial charge in [0, 0.05) is 16.8 Å². The summed E-state index contributed by atoms with van der Waals surface area (Å²) in [6.45, 7) is 6.08. The summed E-state index contributed by atoms with van der Waals surface area (Å²) < 4.78 is 1.58. The predicted molar refractivity (Wildman–Crippen MR) is 74.8 cm³/mol. The van der Waals surface area contributed by atoms with Crippen molar-refractivity contribution in [3.8, 4) is 0 Å². The minimum atomic E-state index is -0.441. The Balaban J connectivity index is 3.00. The normalized spacial score (nSPS) is 11.1.